The fraction of sp³-hybridized carbons (Fsp3) is 0.667. The average Bonchev–Trinajstić information content (AvgIpc) is 2.26. The molecular formula is C9H16N2O4S. The molecule has 0 saturated heterocycles. The van der Waals surface area contributed by atoms with Gasteiger partial charge in [-0.2, -0.15) is 5.10 Å². The fourth-order valence-electron chi connectivity index (χ4n) is 0.718. The number of hydrogen-bond acceptors (Lipinski definition) is 6. The van der Waals surface area contributed by atoms with Crippen LogP contribution in [0, 0.1) is 0 Å². The van der Waals surface area contributed by atoms with Crippen LogP contribution >= 0.6 is 11.8 Å². The number of ether oxygens (including phenoxy) is 2. The van der Waals surface area contributed by atoms with Gasteiger partial charge in [0.2, 0.25) is 0 Å². The van der Waals surface area contributed by atoms with E-state index in [0.717, 1.165) is 0 Å². The van der Waals surface area contributed by atoms with Crippen molar-refractivity contribution in [1.82, 2.24) is 5.43 Å². The second-order valence-electron chi connectivity index (χ2n) is 2.64. The van der Waals surface area contributed by atoms with E-state index in [0.29, 0.717) is 23.8 Å². The predicted octanol–water partition coefficient (Wildman–Crippen LogP) is 1.36. The van der Waals surface area contributed by atoms with Crippen molar-refractivity contribution in [1.29, 1.82) is 0 Å². The molecule has 0 bridgehead atoms. The molecule has 0 aliphatic rings. The van der Waals surface area contributed by atoms with E-state index in [2.05, 4.69) is 15.3 Å². The highest BCUT2D eigenvalue weighted by Crippen LogP contribution is 2.05. The Balaban J connectivity index is 3.68. The number of esters is 1. The summed E-state index contributed by atoms with van der Waals surface area (Å²) in [5, 5.41) is 4.39. The van der Waals surface area contributed by atoms with Gasteiger partial charge in [-0.1, -0.05) is 0 Å². The second kappa shape index (κ2) is 9.02. The summed E-state index contributed by atoms with van der Waals surface area (Å²) in [6, 6.07) is 0. The van der Waals surface area contributed by atoms with Crippen LogP contribution in [0.15, 0.2) is 5.10 Å². The van der Waals surface area contributed by atoms with Crippen LogP contribution in [0.1, 0.15) is 20.3 Å². The van der Waals surface area contributed by atoms with Gasteiger partial charge in [0.25, 0.3) is 0 Å². The molecule has 1 amide bonds. The van der Waals surface area contributed by atoms with E-state index in [1.165, 1.54) is 18.9 Å². The lowest BCUT2D eigenvalue weighted by molar-refractivity contribution is -0.142. The molecule has 0 unspecified atom stereocenters. The van der Waals surface area contributed by atoms with Crippen LogP contribution in [0.5, 0.6) is 0 Å². The minimum Gasteiger partial charge on any atom is -0.466 e. The Hall–Kier alpha value is -1.24. The maximum Gasteiger partial charge on any atom is 0.427 e. The Kier molecular flexibility index (Phi) is 8.32. The topological polar surface area (TPSA) is 77.0 Å². The van der Waals surface area contributed by atoms with E-state index in [-0.39, 0.29) is 5.97 Å². The zero-order valence-electron chi connectivity index (χ0n) is 9.61. The van der Waals surface area contributed by atoms with E-state index in [9.17, 15) is 9.59 Å². The summed E-state index contributed by atoms with van der Waals surface area (Å²) < 4.78 is 9.09. The van der Waals surface area contributed by atoms with Crippen LogP contribution in [-0.4, -0.2) is 36.6 Å². The SMILES string of the molecule is CCOC(=O)CCS/C(C)=N\NC(=O)OC. The molecule has 0 atom stereocenters. The normalized spacial score (nSPS) is 10.8. The first kappa shape index (κ1) is 14.8. The Morgan fingerprint density at radius 2 is 2.12 bits per heavy atom. The minimum absolute atomic E-state index is 0.233. The molecule has 0 aliphatic carbocycles. The zero-order chi connectivity index (χ0) is 12.4. The summed E-state index contributed by atoms with van der Waals surface area (Å²) in [7, 11) is 1.26. The third-order valence-electron chi connectivity index (χ3n) is 1.41. The van der Waals surface area contributed by atoms with Crippen LogP contribution in [0.2, 0.25) is 0 Å². The molecule has 7 heteroatoms. The standard InChI is InChI=1S/C9H16N2O4S/c1-4-15-8(12)5-6-16-7(2)10-11-9(13)14-3/h4-6H2,1-3H3,(H,11,13)/b10-7-. The molecule has 0 aromatic carbocycles. The van der Waals surface area contributed by atoms with E-state index in [1.54, 1.807) is 13.8 Å². The van der Waals surface area contributed by atoms with Crippen molar-refractivity contribution in [3.8, 4) is 0 Å². The molecule has 0 spiro atoms. The van der Waals surface area contributed by atoms with Gasteiger partial charge < -0.3 is 9.47 Å². The van der Waals surface area contributed by atoms with E-state index >= 15 is 0 Å². The summed E-state index contributed by atoms with van der Waals surface area (Å²) in [5.74, 6) is 0.334. The van der Waals surface area contributed by atoms with Crippen molar-refractivity contribution in [2.24, 2.45) is 5.10 Å². The van der Waals surface area contributed by atoms with Gasteiger partial charge in [-0.15, -0.1) is 11.8 Å². The van der Waals surface area contributed by atoms with Gasteiger partial charge in [0, 0.05) is 5.75 Å². The molecule has 0 saturated carbocycles. The first-order valence-electron chi connectivity index (χ1n) is 4.76. The second-order valence-corrected chi connectivity index (χ2v) is 3.93. The number of rotatable bonds is 5. The van der Waals surface area contributed by atoms with Gasteiger partial charge in [-0.25, -0.2) is 10.2 Å². The fourth-order valence-corrected chi connectivity index (χ4v) is 1.39. The number of nitrogens with zero attached hydrogens (tertiary/aromatic N) is 1. The van der Waals surface area contributed by atoms with E-state index in [4.69, 9.17) is 4.74 Å². The van der Waals surface area contributed by atoms with Crippen LogP contribution in [0.3, 0.4) is 0 Å². The number of hydrogen-bond donors (Lipinski definition) is 1. The zero-order valence-corrected chi connectivity index (χ0v) is 10.4. The van der Waals surface area contributed by atoms with Crippen LogP contribution in [0.4, 0.5) is 4.79 Å². The number of hydrazone groups is 1. The molecular weight excluding hydrogens is 232 g/mol. The molecule has 0 rings (SSSR count). The largest absolute Gasteiger partial charge is 0.466 e. The number of amides is 1. The Morgan fingerprint density at radius 1 is 1.44 bits per heavy atom. The van der Waals surface area contributed by atoms with Crippen LogP contribution < -0.4 is 5.43 Å². The van der Waals surface area contributed by atoms with Crippen molar-refractivity contribution in [2.45, 2.75) is 20.3 Å². The minimum atomic E-state index is -0.620. The molecule has 0 fully saturated rings. The van der Waals surface area contributed by atoms with Crippen LogP contribution in [0.25, 0.3) is 0 Å². The smallest absolute Gasteiger partial charge is 0.427 e. The number of carbonyl (C=O) groups is 2. The third-order valence-corrected chi connectivity index (χ3v) is 2.33. The summed E-state index contributed by atoms with van der Waals surface area (Å²) in [6.07, 6.45) is -0.297. The number of thioether (sulfide) groups is 1. The van der Waals surface area contributed by atoms with E-state index in [1.807, 2.05) is 0 Å². The highest BCUT2D eigenvalue weighted by Gasteiger charge is 2.02. The molecule has 0 aliphatic heterocycles. The number of carbonyl (C=O) groups excluding carboxylic acids is 2. The maximum atomic E-state index is 11.0. The lowest BCUT2D eigenvalue weighted by atomic mass is 10.5. The van der Waals surface area contributed by atoms with E-state index < -0.39 is 6.09 Å². The number of methoxy groups -OCH3 is 1. The first-order valence-corrected chi connectivity index (χ1v) is 5.75. The van der Waals surface area contributed by atoms with Gasteiger partial charge in [0.15, 0.2) is 0 Å². The van der Waals surface area contributed by atoms with Gasteiger partial charge >= 0.3 is 12.1 Å². The highest BCUT2D eigenvalue weighted by atomic mass is 32.2. The van der Waals surface area contributed by atoms with Crippen molar-refractivity contribution in [3.63, 3.8) is 0 Å². The maximum absolute atomic E-state index is 11.0. The molecule has 0 aromatic rings. The monoisotopic (exact) mass is 248 g/mol. The molecule has 1 N–H and O–H groups in total. The molecule has 6 nitrogen and oxygen atoms in total. The predicted molar refractivity (Wildman–Crippen MR) is 62.4 cm³/mol. The lowest BCUT2D eigenvalue weighted by Gasteiger charge is -2.02. The Morgan fingerprint density at radius 3 is 2.69 bits per heavy atom. The van der Waals surface area contributed by atoms with Gasteiger partial charge in [-0.3, -0.25) is 4.79 Å². The molecule has 92 valence electrons. The third kappa shape index (κ3) is 8.10. The van der Waals surface area contributed by atoms with Crippen molar-refractivity contribution in [2.75, 3.05) is 19.5 Å². The quantitative estimate of drug-likeness (QED) is 0.344. The Labute approximate surface area is 98.7 Å². The summed E-state index contributed by atoms with van der Waals surface area (Å²) in [6.45, 7) is 3.88. The molecule has 0 heterocycles. The highest BCUT2D eigenvalue weighted by molar-refractivity contribution is 8.13. The van der Waals surface area contributed by atoms with Gasteiger partial charge in [0.05, 0.1) is 25.2 Å². The summed E-state index contributed by atoms with van der Waals surface area (Å²) >= 11 is 1.36. The van der Waals surface area contributed by atoms with Crippen LogP contribution in [-0.2, 0) is 14.3 Å². The number of nitrogens with one attached hydrogen (secondary N) is 1. The van der Waals surface area contributed by atoms with Crippen molar-refractivity contribution in [3.05, 3.63) is 0 Å². The lowest BCUT2D eigenvalue weighted by Crippen LogP contribution is -2.17. The summed E-state index contributed by atoms with van der Waals surface area (Å²) in [5.41, 5.74) is 2.19. The van der Waals surface area contributed by atoms with Gasteiger partial charge in [0.1, 0.15) is 0 Å². The molecule has 0 radical (unpaired) electrons. The molecule has 16 heavy (non-hydrogen) atoms. The van der Waals surface area contributed by atoms with Crippen molar-refractivity contribution >= 4 is 28.9 Å². The summed E-state index contributed by atoms with van der Waals surface area (Å²) in [4.78, 5) is 21.6. The van der Waals surface area contributed by atoms with Crippen molar-refractivity contribution < 1.29 is 19.1 Å². The Bertz CT molecular complexity index is 268. The molecule has 0 aromatic heterocycles. The average molecular weight is 248 g/mol. The van der Waals surface area contributed by atoms with Gasteiger partial charge in [-0.05, 0) is 13.8 Å². The first-order chi connectivity index (χ1) is 7.60.